The van der Waals surface area contributed by atoms with Crippen molar-refractivity contribution in [3.8, 4) is 5.88 Å². The number of ether oxygens (including phenoxy) is 1. The monoisotopic (exact) mass is 292 g/mol. The minimum absolute atomic E-state index is 0.0745. The molecule has 0 bridgehead atoms. The Morgan fingerprint density at radius 3 is 2.50 bits per heavy atom. The lowest BCUT2D eigenvalue weighted by Crippen LogP contribution is -2.12. The molecule has 0 unspecified atom stereocenters. The molecule has 0 aliphatic carbocycles. The molecule has 0 fully saturated rings. The second-order valence-electron chi connectivity index (χ2n) is 4.59. The van der Waals surface area contributed by atoms with Gasteiger partial charge in [0.25, 0.3) is 5.16 Å². The second-order valence-corrected chi connectivity index (χ2v) is 6.47. The van der Waals surface area contributed by atoms with Crippen LogP contribution in [0.3, 0.4) is 0 Å². The van der Waals surface area contributed by atoms with E-state index in [1.807, 2.05) is 19.9 Å². The Labute approximate surface area is 118 Å². The molecule has 0 amide bonds. The average Bonchev–Trinajstić information content (AvgIpc) is 2.39. The molecule has 0 aliphatic heterocycles. The predicted molar refractivity (Wildman–Crippen MR) is 75.1 cm³/mol. The molecule has 0 spiro atoms. The molecular formula is C14H16N2O3S. The molecule has 106 valence electrons. The molecule has 0 aliphatic rings. The summed E-state index contributed by atoms with van der Waals surface area (Å²) in [4.78, 5) is 7.79. The third-order valence-corrected chi connectivity index (χ3v) is 3.91. The highest BCUT2D eigenvalue weighted by atomic mass is 32.2. The molecule has 1 aromatic carbocycles. The van der Waals surface area contributed by atoms with Gasteiger partial charge in [0.05, 0.1) is 11.9 Å². The maximum absolute atomic E-state index is 12.3. The van der Waals surface area contributed by atoms with E-state index in [-0.39, 0.29) is 22.9 Å². The van der Waals surface area contributed by atoms with Crippen molar-refractivity contribution in [3.05, 3.63) is 48.2 Å². The van der Waals surface area contributed by atoms with Crippen LogP contribution in [0.15, 0.2) is 47.8 Å². The van der Waals surface area contributed by atoms with Crippen molar-refractivity contribution in [1.29, 1.82) is 0 Å². The number of sulfone groups is 1. The van der Waals surface area contributed by atoms with Crippen molar-refractivity contribution < 1.29 is 13.2 Å². The van der Waals surface area contributed by atoms with E-state index >= 15 is 0 Å². The normalized spacial score (nSPS) is 11.6. The highest BCUT2D eigenvalue weighted by molar-refractivity contribution is 7.90. The summed E-state index contributed by atoms with van der Waals surface area (Å²) >= 11 is 0. The van der Waals surface area contributed by atoms with E-state index in [4.69, 9.17) is 4.74 Å². The van der Waals surface area contributed by atoms with Crippen LogP contribution in [-0.4, -0.2) is 24.5 Å². The summed E-state index contributed by atoms with van der Waals surface area (Å²) in [5.41, 5.74) is 0.700. The fourth-order valence-corrected chi connectivity index (χ4v) is 2.85. The zero-order valence-electron chi connectivity index (χ0n) is 11.4. The Bertz CT molecular complexity index is 670. The average molecular weight is 292 g/mol. The van der Waals surface area contributed by atoms with E-state index < -0.39 is 9.84 Å². The maximum atomic E-state index is 12.3. The standard InChI is InChI=1S/C14H16N2O3S/c1-11(2)19-13-8-9-15-14(16-13)20(17,18)10-12-6-4-3-5-7-12/h3-9,11H,10H2,1-2H3. The van der Waals surface area contributed by atoms with Crippen LogP contribution in [0.2, 0.25) is 0 Å². The Balaban J connectivity index is 2.25. The Morgan fingerprint density at radius 1 is 1.15 bits per heavy atom. The number of hydrogen-bond donors (Lipinski definition) is 0. The molecule has 1 heterocycles. The molecule has 6 heteroatoms. The summed E-state index contributed by atoms with van der Waals surface area (Å²) < 4.78 is 29.9. The largest absolute Gasteiger partial charge is 0.475 e. The van der Waals surface area contributed by atoms with Gasteiger partial charge in [-0.1, -0.05) is 30.3 Å². The van der Waals surface area contributed by atoms with Gasteiger partial charge in [-0.3, -0.25) is 0 Å². The lowest BCUT2D eigenvalue weighted by molar-refractivity contribution is 0.230. The second kappa shape index (κ2) is 6.00. The third-order valence-electron chi connectivity index (χ3n) is 2.44. The van der Waals surface area contributed by atoms with E-state index in [0.717, 1.165) is 0 Å². The van der Waals surface area contributed by atoms with E-state index in [1.54, 1.807) is 30.3 Å². The van der Waals surface area contributed by atoms with E-state index in [2.05, 4.69) is 9.97 Å². The van der Waals surface area contributed by atoms with Gasteiger partial charge >= 0.3 is 0 Å². The SMILES string of the molecule is CC(C)Oc1ccnc(S(=O)(=O)Cc2ccccc2)n1. The molecule has 1 aromatic heterocycles. The number of benzene rings is 1. The molecule has 0 saturated carbocycles. The van der Waals surface area contributed by atoms with Crippen LogP contribution in [0.4, 0.5) is 0 Å². The lowest BCUT2D eigenvalue weighted by atomic mass is 10.2. The molecule has 0 saturated heterocycles. The molecule has 0 atom stereocenters. The van der Waals surface area contributed by atoms with E-state index in [0.29, 0.717) is 5.56 Å². The fraction of sp³-hybridized carbons (Fsp3) is 0.286. The number of rotatable bonds is 5. The topological polar surface area (TPSA) is 69.2 Å². The van der Waals surface area contributed by atoms with Gasteiger partial charge in [0.1, 0.15) is 0 Å². The molecule has 2 aromatic rings. The van der Waals surface area contributed by atoms with Gasteiger partial charge in [0.2, 0.25) is 15.7 Å². The van der Waals surface area contributed by atoms with Crippen molar-refractivity contribution in [2.75, 3.05) is 0 Å². The lowest BCUT2D eigenvalue weighted by Gasteiger charge is -2.09. The molecule has 20 heavy (non-hydrogen) atoms. The molecule has 2 rings (SSSR count). The van der Waals surface area contributed by atoms with Gasteiger partial charge in [0.15, 0.2) is 0 Å². The van der Waals surface area contributed by atoms with Crippen LogP contribution in [0.5, 0.6) is 5.88 Å². The van der Waals surface area contributed by atoms with Crippen LogP contribution >= 0.6 is 0 Å². The van der Waals surface area contributed by atoms with Gasteiger partial charge in [0, 0.05) is 12.3 Å². The van der Waals surface area contributed by atoms with Crippen molar-refractivity contribution >= 4 is 9.84 Å². The predicted octanol–water partition coefficient (Wildman–Crippen LogP) is 2.24. The Kier molecular flexibility index (Phi) is 4.34. The Morgan fingerprint density at radius 2 is 1.85 bits per heavy atom. The summed E-state index contributed by atoms with van der Waals surface area (Å²) in [5.74, 6) is 0.139. The molecule has 0 N–H and O–H groups in total. The van der Waals surface area contributed by atoms with Crippen LogP contribution in [0, 0.1) is 0 Å². The highest BCUT2D eigenvalue weighted by Crippen LogP contribution is 2.15. The Hall–Kier alpha value is -1.95. The van der Waals surface area contributed by atoms with Gasteiger partial charge in [-0.2, -0.15) is 4.98 Å². The number of nitrogens with zero attached hydrogens (tertiary/aromatic N) is 2. The quantitative estimate of drug-likeness (QED) is 0.790. The first-order valence-corrected chi connectivity index (χ1v) is 7.89. The summed E-state index contributed by atoms with van der Waals surface area (Å²) in [6.07, 6.45) is 1.32. The van der Waals surface area contributed by atoms with Crippen molar-refractivity contribution in [1.82, 2.24) is 9.97 Å². The zero-order chi connectivity index (χ0) is 14.6. The minimum atomic E-state index is -3.57. The maximum Gasteiger partial charge on any atom is 0.250 e. The minimum Gasteiger partial charge on any atom is -0.475 e. The van der Waals surface area contributed by atoms with Crippen molar-refractivity contribution in [3.63, 3.8) is 0 Å². The number of aromatic nitrogens is 2. The summed E-state index contributed by atoms with van der Waals surface area (Å²) in [6, 6.07) is 10.5. The smallest absolute Gasteiger partial charge is 0.250 e. The summed E-state index contributed by atoms with van der Waals surface area (Å²) in [7, 11) is -3.57. The molecule has 5 nitrogen and oxygen atoms in total. The molecular weight excluding hydrogens is 276 g/mol. The van der Waals surface area contributed by atoms with Crippen LogP contribution in [0.25, 0.3) is 0 Å². The fourth-order valence-electron chi connectivity index (χ4n) is 1.64. The third kappa shape index (κ3) is 3.77. The van der Waals surface area contributed by atoms with Crippen molar-refractivity contribution in [2.24, 2.45) is 0 Å². The first-order chi connectivity index (χ1) is 9.47. The van der Waals surface area contributed by atoms with E-state index in [1.165, 1.54) is 6.20 Å². The van der Waals surface area contributed by atoms with Gasteiger partial charge in [-0.05, 0) is 19.4 Å². The first-order valence-electron chi connectivity index (χ1n) is 6.24. The van der Waals surface area contributed by atoms with Gasteiger partial charge in [-0.15, -0.1) is 0 Å². The van der Waals surface area contributed by atoms with E-state index in [9.17, 15) is 8.42 Å². The summed E-state index contributed by atoms with van der Waals surface area (Å²) in [6.45, 7) is 3.69. The van der Waals surface area contributed by atoms with Crippen molar-refractivity contribution in [2.45, 2.75) is 30.9 Å². The zero-order valence-corrected chi connectivity index (χ0v) is 12.2. The van der Waals surface area contributed by atoms with Gasteiger partial charge < -0.3 is 4.74 Å². The van der Waals surface area contributed by atoms with Crippen LogP contribution < -0.4 is 4.74 Å². The number of hydrogen-bond acceptors (Lipinski definition) is 5. The first kappa shape index (κ1) is 14.5. The van der Waals surface area contributed by atoms with Gasteiger partial charge in [-0.25, -0.2) is 13.4 Å². The van der Waals surface area contributed by atoms with Crippen LogP contribution in [0.1, 0.15) is 19.4 Å². The van der Waals surface area contributed by atoms with Crippen LogP contribution in [-0.2, 0) is 15.6 Å². The summed E-state index contributed by atoms with van der Waals surface area (Å²) in [5, 5.41) is -0.209. The highest BCUT2D eigenvalue weighted by Gasteiger charge is 2.19. The molecule has 0 radical (unpaired) electrons.